The van der Waals surface area contributed by atoms with Crippen molar-refractivity contribution in [3.63, 3.8) is 0 Å². The minimum absolute atomic E-state index is 0.319. The zero-order valence-corrected chi connectivity index (χ0v) is 9.43. The van der Waals surface area contributed by atoms with Crippen LogP contribution in [-0.4, -0.2) is 24.5 Å². The maximum Gasteiger partial charge on any atom is 0.184 e. The molecule has 1 saturated heterocycles. The largest absolute Gasteiger partial charge is 0.346 e. The van der Waals surface area contributed by atoms with Crippen LogP contribution in [0.3, 0.4) is 0 Å². The molecule has 2 heterocycles. The van der Waals surface area contributed by atoms with Crippen LogP contribution in [0.15, 0.2) is 43.1 Å². The first-order chi connectivity index (χ1) is 8.36. The van der Waals surface area contributed by atoms with Gasteiger partial charge in [-0.2, -0.15) is 0 Å². The lowest BCUT2D eigenvalue weighted by Gasteiger charge is -2.14. The van der Waals surface area contributed by atoms with Crippen LogP contribution >= 0.6 is 0 Å². The Kier molecular flexibility index (Phi) is 2.63. The van der Waals surface area contributed by atoms with Gasteiger partial charge in [-0.25, -0.2) is 0 Å². The topological polar surface area (TPSA) is 31.4 Å². The van der Waals surface area contributed by atoms with E-state index in [2.05, 4.69) is 11.6 Å². The van der Waals surface area contributed by atoms with Gasteiger partial charge in [0.05, 0.1) is 18.7 Å². The Morgan fingerprint density at radius 2 is 1.94 bits per heavy atom. The predicted molar refractivity (Wildman–Crippen MR) is 66.5 cm³/mol. The highest BCUT2D eigenvalue weighted by Gasteiger charge is 2.21. The molecule has 3 rings (SSSR count). The van der Waals surface area contributed by atoms with Crippen molar-refractivity contribution in [1.82, 2.24) is 4.98 Å². The highest BCUT2D eigenvalue weighted by Crippen LogP contribution is 2.27. The van der Waals surface area contributed by atoms with Crippen molar-refractivity contribution in [3.8, 4) is 0 Å². The van der Waals surface area contributed by atoms with Crippen molar-refractivity contribution in [2.24, 2.45) is 0 Å². The summed E-state index contributed by atoms with van der Waals surface area (Å²) in [5.74, 6) is 0. The number of aromatic nitrogens is 1. The summed E-state index contributed by atoms with van der Waals surface area (Å²) in [7, 11) is 0. The molecule has 1 aliphatic rings. The second kappa shape index (κ2) is 4.28. The van der Waals surface area contributed by atoms with Crippen LogP contribution in [0.2, 0.25) is 0 Å². The Morgan fingerprint density at radius 1 is 1.18 bits per heavy atom. The number of ether oxygens (including phenoxy) is 2. The standard InChI is InChI=1S/C14H13NO2/c1-10(14-16-8-9-17-14)11-6-7-15-13-5-3-2-4-12(11)13/h2-7,14H,1,8-9H2. The molecule has 0 atom stereocenters. The summed E-state index contributed by atoms with van der Waals surface area (Å²) in [5.41, 5.74) is 2.87. The van der Waals surface area contributed by atoms with E-state index in [1.807, 2.05) is 30.3 Å². The second-order valence-electron chi connectivity index (χ2n) is 3.97. The Morgan fingerprint density at radius 3 is 2.76 bits per heavy atom. The zero-order valence-electron chi connectivity index (χ0n) is 9.43. The van der Waals surface area contributed by atoms with Crippen LogP contribution in [0.4, 0.5) is 0 Å². The molecular weight excluding hydrogens is 214 g/mol. The van der Waals surface area contributed by atoms with Crippen LogP contribution in [0.5, 0.6) is 0 Å². The van der Waals surface area contributed by atoms with E-state index in [1.165, 1.54) is 0 Å². The smallest absolute Gasteiger partial charge is 0.184 e. The number of nitrogens with zero attached hydrogens (tertiary/aromatic N) is 1. The molecule has 1 fully saturated rings. The molecule has 0 bridgehead atoms. The third-order valence-corrected chi connectivity index (χ3v) is 2.90. The first-order valence-electron chi connectivity index (χ1n) is 5.62. The first-order valence-corrected chi connectivity index (χ1v) is 5.62. The highest BCUT2D eigenvalue weighted by molar-refractivity contribution is 5.91. The average molecular weight is 227 g/mol. The maximum atomic E-state index is 5.48. The van der Waals surface area contributed by atoms with E-state index in [1.54, 1.807) is 6.20 Å². The lowest BCUT2D eigenvalue weighted by molar-refractivity contribution is 0.00718. The van der Waals surface area contributed by atoms with Crippen molar-refractivity contribution < 1.29 is 9.47 Å². The Balaban J connectivity index is 2.07. The molecule has 0 saturated carbocycles. The van der Waals surface area contributed by atoms with Crippen LogP contribution in [0, 0.1) is 0 Å². The molecule has 1 aromatic carbocycles. The lowest BCUT2D eigenvalue weighted by atomic mass is 10.0. The van der Waals surface area contributed by atoms with Crippen LogP contribution in [0.1, 0.15) is 5.56 Å². The SMILES string of the molecule is C=C(c1ccnc2ccccc12)C1OCCO1. The first kappa shape index (κ1) is 10.4. The summed E-state index contributed by atoms with van der Waals surface area (Å²) in [6.45, 7) is 5.34. The van der Waals surface area contributed by atoms with Gasteiger partial charge >= 0.3 is 0 Å². The summed E-state index contributed by atoms with van der Waals surface area (Å²) in [4.78, 5) is 4.33. The predicted octanol–water partition coefficient (Wildman–Crippen LogP) is 2.62. The van der Waals surface area contributed by atoms with E-state index >= 15 is 0 Å². The average Bonchev–Trinajstić information content (AvgIpc) is 2.91. The van der Waals surface area contributed by atoms with Crippen molar-refractivity contribution in [1.29, 1.82) is 0 Å². The van der Waals surface area contributed by atoms with Gasteiger partial charge in [0.1, 0.15) is 0 Å². The number of hydrogen-bond acceptors (Lipinski definition) is 3. The normalized spacial score (nSPS) is 16.5. The van der Waals surface area contributed by atoms with Gasteiger partial charge in [0.15, 0.2) is 6.29 Å². The molecule has 3 heteroatoms. The molecule has 86 valence electrons. The van der Waals surface area contributed by atoms with E-state index in [-0.39, 0.29) is 6.29 Å². The molecular formula is C14H13NO2. The molecule has 0 spiro atoms. The van der Waals surface area contributed by atoms with Crippen LogP contribution in [0.25, 0.3) is 16.5 Å². The number of fused-ring (bicyclic) bond motifs is 1. The fourth-order valence-electron chi connectivity index (χ4n) is 2.06. The van der Waals surface area contributed by atoms with E-state index in [9.17, 15) is 0 Å². The van der Waals surface area contributed by atoms with Crippen LogP contribution < -0.4 is 0 Å². The van der Waals surface area contributed by atoms with E-state index in [0.717, 1.165) is 22.0 Å². The Hall–Kier alpha value is -1.71. The second-order valence-corrected chi connectivity index (χ2v) is 3.97. The number of rotatable bonds is 2. The molecule has 0 N–H and O–H groups in total. The summed E-state index contributed by atoms with van der Waals surface area (Å²) in [5, 5.41) is 1.08. The Bertz CT molecular complexity index is 554. The lowest BCUT2D eigenvalue weighted by Crippen LogP contribution is -2.09. The molecule has 2 aromatic rings. The molecule has 3 nitrogen and oxygen atoms in total. The summed E-state index contributed by atoms with van der Waals surface area (Å²) < 4.78 is 11.0. The fourth-order valence-corrected chi connectivity index (χ4v) is 2.06. The maximum absolute atomic E-state index is 5.48. The number of para-hydroxylation sites is 1. The quantitative estimate of drug-likeness (QED) is 0.790. The van der Waals surface area contributed by atoms with E-state index in [4.69, 9.17) is 9.47 Å². The monoisotopic (exact) mass is 227 g/mol. The van der Waals surface area contributed by atoms with E-state index in [0.29, 0.717) is 13.2 Å². The molecule has 0 radical (unpaired) electrons. The van der Waals surface area contributed by atoms with Gasteiger partial charge in [-0.3, -0.25) is 4.98 Å². The summed E-state index contributed by atoms with van der Waals surface area (Å²) in [6.07, 6.45) is 1.47. The third-order valence-electron chi connectivity index (χ3n) is 2.90. The fraction of sp³-hybridized carbons (Fsp3) is 0.214. The number of hydrogen-bond donors (Lipinski definition) is 0. The van der Waals surface area contributed by atoms with Gasteiger partial charge in [-0.1, -0.05) is 24.8 Å². The van der Waals surface area contributed by atoms with Gasteiger partial charge in [0.2, 0.25) is 0 Å². The number of pyridine rings is 1. The van der Waals surface area contributed by atoms with Gasteiger partial charge in [-0.15, -0.1) is 0 Å². The zero-order chi connectivity index (χ0) is 11.7. The van der Waals surface area contributed by atoms with Crippen molar-refractivity contribution in [2.45, 2.75) is 6.29 Å². The minimum Gasteiger partial charge on any atom is -0.346 e. The summed E-state index contributed by atoms with van der Waals surface area (Å²) in [6, 6.07) is 9.96. The highest BCUT2D eigenvalue weighted by atomic mass is 16.7. The van der Waals surface area contributed by atoms with Crippen molar-refractivity contribution in [3.05, 3.63) is 48.7 Å². The van der Waals surface area contributed by atoms with Gasteiger partial charge in [0, 0.05) is 17.2 Å². The molecule has 0 amide bonds. The van der Waals surface area contributed by atoms with Crippen molar-refractivity contribution in [2.75, 3.05) is 13.2 Å². The minimum atomic E-state index is -0.319. The van der Waals surface area contributed by atoms with Crippen LogP contribution in [-0.2, 0) is 9.47 Å². The molecule has 1 aromatic heterocycles. The number of benzene rings is 1. The molecule has 0 aliphatic carbocycles. The molecule has 17 heavy (non-hydrogen) atoms. The van der Waals surface area contributed by atoms with Gasteiger partial charge < -0.3 is 9.47 Å². The van der Waals surface area contributed by atoms with E-state index < -0.39 is 0 Å². The van der Waals surface area contributed by atoms with Crippen molar-refractivity contribution >= 4 is 16.5 Å². The third kappa shape index (κ3) is 1.84. The molecule has 0 unspecified atom stereocenters. The Labute approximate surface area is 99.7 Å². The summed E-state index contributed by atoms with van der Waals surface area (Å²) >= 11 is 0. The molecule has 1 aliphatic heterocycles. The van der Waals surface area contributed by atoms with Gasteiger partial charge in [-0.05, 0) is 17.7 Å². The van der Waals surface area contributed by atoms with Gasteiger partial charge in [0.25, 0.3) is 0 Å².